The number of anilines is 2. The Kier molecular flexibility index (Phi) is 3.78. The van der Waals surface area contributed by atoms with Crippen molar-refractivity contribution in [1.82, 2.24) is 4.98 Å². The Labute approximate surface area is 109 Å². The molecule has 0 aliphatic carbocycles. The predicted molar refractivity (Wildman–Crippen MR) is 71.6 cm³/mol. The average molecular weight is 263 g/mol. The van der Waals surface area contributed by atoms with Crippen molar-refractivity contribution in [2.75, 3.05) is 18.2 Å². The van der Waals surface area contributed by atoms with Gasteiger partial charge in [0.05, 0.1) is 30.6 Å². The second-order valence-electron chi connectivity index (χ2n) is 3.57. The molecule has 0 spiro atoms. The molecule has 94 valence electrons. The molecule has 3 N–H and O–H groups in total. The van der Waals surface area contributed by atoms with Gasteiger partial charge in [-0.1, -0.05) is 0 Å². The van der Waals surface area contributed by atoms with Crippen molar-refractivity contribution in [3.8, 4) is 0 Å². The number of esters is 1. The lowest BCUT2D eigenvalue weighted by atomic mass is 10.1. The van der Waals surface area contributed by atoms with Crippen LogP contribution in [0.15, 0.2) is 29.8 Å². The van der Waals surface area contributed by atoms with E-state index in [9.17, 15) is 4.79 Å². The lowest BCUT2D eigenvalue weighted by Gasteiger charge is -2.09. The predicted octanol–water partition coefficient (Wildman–Crippen LogP) is 2.12. The van der Waals surface area contributed by atoms with E-state index in [-0.39, 0.29) is 5.97 Å². The van der Waals surface area contributed by atoms with Gasteiger partial charge in [0.25, 0.3) is 0 Å². The van der Waals surface area contributed by atoms with Gasteiger partial charge < -0.3 is 15.8 Å². The number of thiazole rings is 1. The molecule has 2 aromatic rings. The molecule has 1 aromatic heterocycles. The number of nitrogens with two attached hydrogens (primary N) is 1. The van der Waals surface area contributed by atoms with E-state index in [4.69, 9.17) is 5.73 Å². The highest BCUT2D eigenvalue weighted by Gasteiger charge is 2.08. The highest BCUT2D eigenvalue weighted by Crippen LogP contribution is 2.21. The van der Waals surface area contributed by atoms with Crippen molar-refractivity contribution in [3.63, 3.8) is 0 Å². The van der Waals surface area contributed by atoms with E-state index in [0.717, 1.165) is 5.01 Å². The number of ether oxygens (including phenoxy) is 1. The third-order valence-corrected chi connectivity index (χ3v) is 3.17. The average Bonchev–Trinajstić information content (AvgIpc) is 2.90. The molecule has 0 radical (unpaired) electrons. The molecule has 2 rings (SSSR count). The molecule has 0 saturated heterocycles. The Morgan fingerprint density at radius 3 is 3.06 bits per heavy atom. The Balaban J connectivity index is 2.13. The van der Waals surface area contributed by atoms with Crippen molar-refractivity contribution in [3.05, 3.63) is 40.3 Å². The van der Waals surface area contributed by atoms with Crippen LogP contribution < -0.4 is 11.1 Å². The molecular formula is C12H13N3O2S. The smallest absolute Gasteiger partial charge is 0.337 e. The van der Waals surface area contributed by atoms with Gasteiger partial charge >= 0.3 is 5.97 Å². The first-order chi connectivity index (χ1) is 8.70. The molecule has 0 amide bonds. The number of benzene rings is 1. The monoisotopic (exact) mass is 263 g/mol. The van der Waals surface area contributed by atoms with Gasteiger partial charge in [-0.2, -0.15) is 0 Å². The first-order valence-corrected chi connectivity index (χ1v) is 6.18. The minimum absolute atomic E-state index is 0.382. The minimum Gasteiger partial charge on any atom is -0.465 e. The molecule has 0 bridgehead atoms. The quantitative estimate of drug-likeness (QED) is 0.652. The summed E-state index contributed by atoms with van der Waals surface area (Å²) in [4.78, 5) is 15.6. The summed E-state index contributed by atoms with van der Waals surface area (Å²) in [6.07, 6.45) is 1.75. The van der Waals surface area contributed by atoms with E-state index in [1.54, 1.807) is 35.7 Å². The van der Waals surface area contributed by atoms with E-state index in [1.807, 2.05) is 5.38 Å². The van der Waals surface area contributed by atoms with Crippen LogP contribution in [-0.2, 0) is 11.3 Å². The summed E-state index contributed by atoms with van der Waals surface area (Å²) in [5.74, 6) is -0.382. The number of hydrogen-bond acceptors (Lipinski definition) is 6. The van der Waals surface area contributed by atoms with Gasteiger partial charge in [0.1, 0.15) is 5.01 Å². The van der Waals surface area contributed by atoms with Crippen molar-refractivity contribution in [1.29, 1.82) is 0 Å². The fraction of sp³-hybridized carbons (Fsp3) is 0.167. The van der Waals surface area contributed by atoms with Gasteiger partial charge in [0, 0.05) is 11.6 Å². The molecule has 1 heterocycles. The van der Waals surface area contributed by atoms with Crippen LogP contribution in [0, 0.1) is 0 Å². The summed E-state index contributed by atoms with van der Waals surface area (Å²) in [5, 5.41) is 6.01. The number of nitrogens with zero attached hydrogens (tertiary/aromatic N) is 1. The maximum Gasteiger partial charge on any atom is 0.337 e. The van der Waals surface area contributed by atoms with Crippen LogP contribution in [0.2, 0.25) is 0 Å². The molecule has 0 aliphatic heterocycles. The zero-order chi connectivity index (χ0) is 13.0. The minimum atomic E-state index is -0.382. The van der Waals surface area contributed by atoms with E-state index >= 15 is 0 Å². The molecule has 5 nitrogen and oxygen atoms in total. The molecule has 0 unspecified atom stereocenters. The fourth-order valence-electron chi connectivity index (χ4n) is 1.47. The topological polar surface area (TPSA) is 77.2 Å². The highest BCUT2D eigenvalue weighted by molar-refractivity contribution is 7.09. The maximum absolute atomic E-state index is 11.4. The van der Waals surface area contributed by atoms with Crippen LogP contribution in [0.4, 0.5) is 11.4 Å². The molecular weight excluding hydrogens is 250 g/mol. The number of nitrogen functional groups attached to an aromatic ring is 1. The van der Waals surface area contributed by atoms with Crippen LogP contribution in [-0.4, -0.2) is 18.1 Å². The fourth-order valence-corrected chi connectivity index (χ4v) is 2.02. The summed E-state index contributed by atoms with van der Waals surface area (Å²) >= 11 is 1.56. The summed E-state index contributed by atoms with van der Waals surface area (Å²) in [5.41, 5.74) is 7.59. The Morgan fingerprint density at radius 1 is 1.56 bits per heavy atom. The number of carbonyl (C=O) groups is 1. The normalized spacial score (nSPS) is 10.1. The Hall–Kier alpha value is -2.08. The van der Waals surface area contributed by atoms with E-state index in [0.29, 0.717) is 23.5 Å². The van der Waals surface area contributed by atoms with Gasteiger partial charge in [-0.15, -0.1) is 11.3 Å². The van der Waals surface area contributed by atoms with Crippen LogP contribution in [0.3, 0.4) is 0 Å². The third-order valence-electron chi connectivity index (χ3n) is 2.39. The largest absolute Gasteiger partial charge is 0.465 e. The second kappa shape index (κ2) is 5.50. The van der Waals surface area contributed by atoms with Gasteiger partial charge in [-0.05, 0) is 18.2 Å². The lowest BCUT2D eigenvalue weighted by molar-refractivity contribution is 0.0601. The van der Waals surface area contributed by atoms with E-state index in [2.05, 4.69) is 15.0 Å². The summed E-state index contributed by atoms with van der Waals surface area (Å²) in [6.45, 7) is 0.576. The molecule has 0 atom stereocenters. The zero-order valence-corrected chi connectivity index (χ0v) is 10.7. The molecule has 1 aromatic carbocycles. The first-order valence-electron chi connectivity index (χ1n) is 5.31. The second-order valence-corrected chi connectivity index (χ2v) is 4.55. The standard InChI is InChI=1S/C12H13N3O2S/c1-17-12(16)8-2-3-9(13)10(6-8)15-7-11-14-4-5-18-11/h2-6,15H,7,13H2,1H3. The van der Waals surface area contributed by atoms with Gasteiger partial charge in [0.15, 0.2) is 0 Å². The van der Waals surface area contributed by atoms with Crippen molar-refractivity contribution in [2.45, 2.75) is 6.54 Å². The lowest BCUT2D eigenvalue weighted by Crippen LogP contribution is -2.06. The third kappa shape index (κ3) is 2.78. The van der Waals surface area contributed by atoms with E-state index in [1.165, 1.54) is 7.11 Å². The van der Waals surface area contributed by atoms with Crippen molar-refractivity contribution >= 4 is 28.7 Å². The van der Waals surface area contributed by atoms with Crippen LogP contribution in [0.5, 0.6) is 0 Å². The first kappa shape index (κ1) is 12.4. The van der Waals surface area contributed by atoms with Gasteiger partial charge in [-0.3, -0.25) is 0 Å². The van der Waals surface area contributed by atoms with Crippen molar-refractivity contribution in [2.24, 2.45) is 0 Å². The van der Waals surface area contributed by atoms with Crippen LogP contribution in [0.1, 0.15) is 15.4 Å². The highest BCUT2D eigenvalue weighted by atomic mass is 32.1. The molecule has 0 aliphatic rings. The summed E-state index contributed by atoms with van der Waals surface area (Å²) in [7, 11) is 1.35. The molecule has 0 saturated carbocycles. The van der Waals surface area contributed by atoms with Crippen LogP contribution >= 0.6 is 11.3 Å². The zero-order valence-electron chi connectivity index (χ0n) is 9.84. The number of methoxy groups -OCH3 is 1. The number of rotatable bonds is 4. The summed E-state index contributed by atoms with van der Waals surface area (Å²) < 4.78 is 4.66. The molecule has 0 fully saturated rings. The SMILES string of the molecule is COC(=O)c1ccc(N)c(NCc2nccs2)c1. The van der Waals surface area contributed by atoms with Crippen molar-refractivity contribution < 1.29 is 9.53 Å². The number of carbonyl (C=O) groups excluding carboxylic acids is 1. The summed E-state index contributed by atoms with van der Waals surface area (Å²) in [6, 6.07) is 4.99. The number of aromatic nitrogens is 1. The molecule has 18 heavy (non-hydrogen) atoms. The van der Waals surface area contributed by atoms with Gasteiger partial charge in [-0.25, -0.2) is 9.78 Å². The Bertz CT molecular complexity index is 540. The van der Waals surface area contributed by atoms with E-state index < -0.39 is 0 Å². The van der Waals surface area contributed by atoms with Gasteiger partial charge in [0.2, 0.25) is 0 Å². The Morgan fingerprint density at radius 2 is 2.39 bits per heavy atom. The molecule has 6 heteroatoms. The van der Waals surface area contributed by atoms with Crippen LogP contribution in [0.25, 0.3) is 0 Å². The number of hydrogen-bond donors (Lipinski definition) is 2. The number of nitrogens with one attached hydrogen (secondary N) is 1. The maximum atomic E-state index is 11.4.